The Bertz CT molecular complexity index is 405. The van der Waals surface area contributed by atoms with Crippen molar-refractivity contribution in [3.8, 4) is 0 Å². The van der Waals surface area contributed by atoms with E-state index < -0.39 is 0 Å². The molecule has 0 spiro atoms. The maximum absolute atomic E-state index is 11.5. The van der Waals surface area contributed by atoms with Crippen LogP contribution in [0, 0.1) is 5.92 Å². The van der Waals surface area contributed by atoms with E-state index in [0.717, 1.165) is 11.0 Å². The third-order valence-electron chi connectivity index (χ3n) is 3.25. The second-order valence-electron chi connectivity index (χ2n) is 4.87. The first-order valence-corrected chi connectivity index (χ1v) is 7.46. The van der Waals surface area contributed by atoms with Gasteiger partial charge in [-0.3, -0.25) is 0 Å². The summed E-state index contributed by atoms with van der Waals surface area (Å²) < 4.78 is 4.93. The van der Waals surface area contributed by atoms with Gasteiger partial charge in [0.05, 0.1) is 6.61 Å². The summed E-state index contributed by atoms with van der Waals surface area (Å²) in [6.07, 6.45) is 4.98. The van der Waals surface area contributed by atoms with Crippen LogP contribution in [0.5, 0.6) is 0 Å². The number of carbonyl (C=O) groups is 1. The van der Waals surface area contributed by atoms with Gasteiger partial charge in [-0.15, -0.1) is 11.3 Å². The van der Waals surface area contributed by atoms with Crippen molar-refractivity contribution in [2.45, 2.75) is 45.6 Å². The maximum Gasteiger partial charge on any atom is 0.357 e. The highest BCUT2D eigenvalue weighted by Gasteiger charge is 2.20. The fraction of sp³-hybridized carbons (Fsp3) is 0.692. The quantitative estimate of drug-likeness (QED) is 0.851. The zero-order valence-corrected chi connectivity index (χ0v) is 11.8. The average Bonchev–Trinajstić information content (AvgIpc) is 2.78. The van der Waals surface area contributed by atoms with Gasteiger partial charge in [0.15, 0.2) is 10.8 Å². The van der Waals surface area contributed by atoms with Crippen molar-refractivity contribution >= 4 is 22.4 Å². The number of carbonyl (C=O) groups excluding carboxylic acids is 1. The Labute approximate surface area is 112 Å². The van der Waals surface area contributed by atoms with Gasteiger partial charge in [0.1, 0.15) is 0 Å². The van der Waals surface area contributed by atoms with Gasteiger partial charge < -0.3 is 10.1 Å². The number of aromatic nitrogens is 1. The van der Waals surface area contributed by atoms with Crippen molar-refractivity contribution in [2.24, 2.45) is 5.92 Å². The zero-order valence-electron chi connectivity index (χ0n) is 10.9. The second kappa shape index (κ2) is 6.18. The van der Waals surface area contributed by atoms with E-state index in [4.69, 9.17) is 4.74 Å². The number of esters is 1. The van der Waals surface area contributed by atoms with Crippen LogP contribution in [-0.2, 0) is 4.74 Å². The van der Waals surface area contributed by atoms with E-state index in [2.05, 4.69) is 17.2 Å². The average molecular weight is 268 g/mol. The highest BCUT2D eigenvalue weighted by atomic mass is 32.1. The molecular formula is C13H20N2O2S. The first kappa shape index (κ1) is 13.3. The van der Waals surface area contributed by atoms with Crippen LogP contribution in [0.25, 0.3) is 0 Å². The number of nitrogens with zero attached hydrogens (tertiary/aromatic N) is 1. The van der Waals surface area contributed by atoms with Gasteiger partial charge in [-0.2, -0.15) is 0 Å². The van der Waals surface area contributed by atoms with Crippen LogP contribution >= 0.6 is 11.3 Å². The predicted octanol–water partition coefficient (Wildman–Crippen LogP) is 3.31. The standard InChI is InChI=1S/C13H20N2O2S/c1-3-17-12(16)11-8-18-13(15-11)14-10-6-4-5-9(2)7-10/h8-10H,3-7H2,1-2H3,(H,14,15). The molecule has 4 nitrogen and oxygen atoms in total. The van der Waals surface area contributed by atoms with Crippen molar-refractivity contribution in [3.63, 3.8) is 0 Å². The molecule has 1 aromatic heterocycles. The smallest absolute Gasteiger partial charge is 0.357 e. The topological polar surface area (TPSA) is 51.2 Å². The molecule has 2 atom stereocenters. The van der Waals surface area contributed by atoms with Crippen LogP contribution < -0.4 is 5.32 Å². The largest absolute Gasteiger partial charge is 0.461 e. The third-order valence-corrected chi connectivity index (χ3v) is 4.03. The Morgan fingerprint density at radius 2 is 2.44 bits per heavy atom. The molecule has 1 aliphatic rings. The summed E-state index contributed by atoms with van der Waals surface area (Å²) in [7, 11) is 0. The van der Waals surface area contributed by atoms with E-state index in [-0.39, 0.29) is 5.97 Å². The summed E-state index contributed by atoms with van der Waals surface area (Å²) in [6.45, 7) is 4.48. The van der Waals surface area contributed by atoms with E-state index in [1.165, 1.54) is 37.0 Å². The molecule has 2 unspecified atom stereocenters. The molecule has 0 saturated heterocycles. The molecule has 1 heterocycles. The van der Waals surface area contributed by atoms with Gasteiger partial charge in [-0.05, 0) is 25.7 Å². The minimum atomic E-state index is -0.334. The van der Waals surface area contributed by atoms with Gasteiger partial charge in [-0.1, -0.05) is 19.8 Å². The summed E-state index contributed by atoms with van der Waals surface area (Å²) in [5.41, 5.74) is 0.410. The van der Waals surface area contributed by atoms with Crippen molar-refractivity contribution in [1.29, 1.82) is 0 Å². The molecule has 5 heteroatoms. The summed E-state index contributed by atoms with van der Waals surface area (Å²) >= 11 is 1.48. The van der Waals surface area contributed by atoms with Gasteiger partial charge in [0.2, 0.25) is 0 Å². The van der Waals surface area contributed by atoms with Gasteiger partial charge >= 0.3 is 5.97 Å². The molecule has 0 amide bonds. The number of rotatable bonds is 4. The van der Waals surface area contributed by atoms with Crippen LogP contribution in [0.1, 0.15) is 50.0 Å². The Morgan fingerprint density at radius 3 is 3.17 bits per heavy atom. The summed E-state index contributed by atoms with van der Waals surface area (Å²) in [4.78, 5) is 15.8. The number of nitrogens with one attached hydrogen (secondary N) is 1. The molecule has 0 radical (unpaired) electrons. The van der Waals surface area contributed by atoms with Gasteiger partial charge in [0, 0.05) is 11.4 Å². The van der Waals surface area contributed by atoms with Crippen molar-refractivity contribution in [2.75, 3.05) is 11.9 Å². The highest BCUT2D eigenvalue weighted by Crippen LogP contribution is 2.27. The Kier molecular flexibility index (Phi) is 4.58. The molecule has 100 valence electrons. The molecule has 0 bridgehead atoms. The summed E-state index contributed by atoms with van der Waals surface area (Å²) in [5.74, 6) is 0.444. The number of hydrogen-bond donors (Lipinski definition) is 1. The highest BCUT2D eigenvalue weighted by molar-refractivity contribution is 7.13. The lowest BCUT2D eigenvalue weighted by Crippen LogP contribution is -2.26. The number of ether oxygens (including phenoxy) is 1. The predicted molar refractivity (Wildman–Crippen MR) is 73.1 cm³/mol. The van der Waals surface area contributed by atoms with E-state index in [1.807, 2.05) is 0 Å². The monoisotopic (exact) mass is 268 g/mol. The van der Waals surface area contributed by atoms with Crippen molar-refractivity contribution in [1.82, 2.24) is 4.98 Å². The van der Waals surface area contributed by atoms with E-state index in [1.54, 1.807) is 12.3 Å². The minimum Gasteiger partial charge on any atom is -0.461 e. The zero-order chi connectivity index (χ0) is 13.0. The first-order valence-electron chi connectivity index (χ1n) is 6.58. The molecule has 18 heavy (non-hydrogen) atoms. The number of thiazole rings is 1. The minimum absolute atomic E-state index is 0.334. The van der Waals surface area contributed by atoms with E-state index in [0.29, 0.717) is 18.3 Å². The van der Waals surface area contributed by atoms with E-state index >= 15 is 0 Å². The molecule has 1 N–H and O–H groups in total. The SMILES string of the molecule is CCOC(=O)c1csc(NC2CCCC(C)C2)n1. The Hall–Kier alpha value is -1.10. The fourth-order valence-electron chi connectivity index (χ4n) is 2.38. The molecule has 1 aliphatic carbocycles. The normalized spacial score (nSPS) is 23.7. The van der Waals surface area contributed by atoms with Crippen LogP contribution in [0.4, 0.5) is 5.13 Å². The fourth-order valence-corrected chi connectivity index (χ4v) is 3.14. The molecule has 1 fully saturated rings. The van der Waals surface area contributed by atoms with Gasteiger partial charge in [-0.25, -0.2) is 9.78 Å². The Balaban J connectivity index is 1.91. The Morgan fingerprint density at radius 1 is 1.61 bits per heavy atom. The summed E-state index contributed by atoms with van der Waals surface area (Å²) in [5, 5.41) is 6.02. The summed E-state index contributed by atoms with van der Waals surface area (Å²) in [6, 6.07) is 0.495. The van der Waals surface area contributed by atoms with E-state index in [9.17, 15) is 4.79 Å². The third kappa shape index (κ3) is 3.45. The molecule has 2 rings (SSSR count). The van der Waals surface area contributed by atoms with Crippen LogP contribution in [0.3, 0.4) is 0 Å². The molecule has 0 aromatic carbocycles. The van der Waals surface area contributed by atoms with Gasteiger partial charge in [0.25, 0.3) is 0 Å². The molecule has 0 aliphatic heterocycles. The lowest BCUT2D eigenvalue weighted by molar-refractivity contribution is 0.0520. The number of anilines is 1. The van der Waals surface area contributed by atoms with Crippen molar-refractivity contribution < 1.29 is 9.53 Å². The van der Waals surface area contributed by atoms with Crippen LogP contribution in [0.15, 0.2) is 5.38 Å². The second-order valence-corrected chi connectivity index (χ2v) is 5.73. The molecular weight excluding hydrogens is 248 g/mol. The lowest BCUT2D eigenvalue weighted by atomic mass is 9.87. The van der Waals surface area contributed by atoms with Crippen LogP contribution in [0.2, 0.25) is 0 Å². The van der Waals surface area contributed by atoms with Crippen molar-refractivity contribution in [3.05, 3.63) is 11.1 Å². The lowest BCUT2D eigenvalue weighted by Gasteiger charge is -2.27. The molecule has 1 saturated carbocycles. The van der Waals surface area contributed by atoms with Crippen LogP contribution in [-0.4, -0.2) is 23.6 Å². The number of hydrogen-bond acceptors (Lipinski definition) is 5. The molecule has 1 aromatic rings. The first-order chi connectivity index (χ1) is 8.69. The maximum atomic E-state index is 11.5.